The van der Waals surface area contributed by atoms with Gasteiger partial charge in [0.15, 0.2) is 0 Å². The van der Waals surface area contributed by atoms with Crippen molar-refractivity contribution in [3.8, 4) is 0 Å². The topological polar surface area (TPSA) is 73.0 Å². The monoisotopic (exact) mass is 498 g/mol. The van der Waals surface area contributed by atoms with Crippen LogP contribution in [-0.2, 0) is 14.8 Å². The zero-order chi connectivity index (χ0) is 23.1. The number of hydrogen-bond donors (Lipinski definition) is 1. The smallest absolute Gasteiger partial charge is 0.264 e. The minimum Gasteiger partial charge on any atom is -0.354 e. The molecule has 0 bridgehead atoms. The summed E-state index contributed by atoms with van der Waals surface area (Å²) in [7, 11) is -1.91. The summed E-state index contributed by atoms with van der Waals surface area (Å²) in [6.45, 7) is 5.07. The Labute approximate surface area is 199 Å². The van der Waals surface area contributed by atoms with E-state index in [1.165, 1.54) is 18.2 Å². The SMILES string of the molecule is CN1CCN(CCCNC(=O)CN(c2cccc(Cl)c2Cl)S(=O)(=O)c2ccccc2)CC1. The Morgan fingerprint density at radius 3 is 2.41 bits per heavy atom. The normalized spacial score (nSPS) is 15.5. The van der Waals surface area contributed by atoms with E-state index in [4.69, 9.17) is 23.2 Å². The number of rotatable bonds is 9. The Kier molecular flexibility index (Phi) is 8.79. The van der Waals surface area contributed by atoms with E-state index in [1.54, 1.807) is 30.3 Å². The third-order valence-electron chi connectivity index (χ3n) is 5.39. The van der Waals surface area contributed by atoms with Gasteiger partial charge in [0.2, 0.25) is 5.91 Å². The van der Waals surface area contributed by atoms with E-state index in [2.05, 4.69) is 22.2 Å². The van der Waals surface area contributed by atoms with E-state index in [9.17, 15) is 13.2 Å². The van der Waals surface area contributed by atoms with Crippen LogP contribution in [-0.4, -0.2) is 77.0 Å². The van der Waals surface area contributed by atoms with Crippen LogP contribution in [0.4, 0.5) is 5.69 Å². The molecule has 1 amide bonds. The number of likely N-dealkylation sites (N-methyl/N-ethyl adjacent to an activating group) is 1. The Bertz CT molecular complexity index is 1010. The molecule has 1 aliphatic rings. The van der Waals surface area contributed by atoms with Gasteiger partial charge in [-0.3, -0.25) is 9.10 Å². The number of benzene rings is 2. The van der Waals surface area contributed by atoms with Crippen molar-refractivity contribution in [3.63, 3.8) is 0 Å². The summed E-state index contributed by atoms with van der Waals surface area (Å²) in [6.07, 6.45) is 0.790. The summed E-state index contributed by atoms with van der Waals surface area (Å²) >= 11 is 12.4. The Morgan fingerprint density at radius 2 is 1.72 bits per heavy atom. The molecule has 3 rings (SSSR count). The number of amides is 1. The summed E-state index contributed by atoms with van der Waals surface area (Å²) in [5, 5.41) is 3.12. The molecular formula is C22H28Cl2N4O3S. The van der Waals surface area contributed by atoms with E-state index in [0.717, 1.165) is 43.4 Å². The van der Waals surface area contributed by atoms with Crippen molar-refractivity contribution >= 4 is 44.8 Å². The van der Waals surface area contributed by atoms with Crippen molar-refractivity contribution in [3.05, 3.63) is 58.6 Å². The molecular weight excluding hydrogens is 471 g/mol. The average molecular weight is 499 g/mol. The van der Waals surface area contributed by atoms with Gasteiger partial charge in [-0.05, 0) is 44.3 Å². The average Bonchev–Trinajstić information content (AvgIpc) is 2.79. The first-order valence-electron chi connectivity index (χ1n) is 10.5. The van der Waals surface area contributed by atoms with Gasteiger partial charge in [-0.2, -0.15) is 0 Å². The van der Waals surface area contributed by atoms with Gasteiger partial charge in [0.25, 0.3) is 10.0 Å². The van der Waals surface area contributed by atoms with Crippen molar-refractivity contribution in [2.24, 2.45) is 0 Å². The lowest BCUT2D eigenvalue weighted by Crippen LogP contribution is -2.45. The van der Waals surface area contributed by atoms with Crippen LogP contribution < -0.4 is 9.62 Å². The minimum absolute atomic E-state index is 0.0684. The molecule has 1 fully saturated rings. The van der Waals surface area contributed by atoms with Crippen LogP contribution in [0.15, 0.2) is 53.4 Å². The van der Waals surface area contributed by atoms with Crippen LogP contribution in [0.1, 0.15) is 6.42 Å². The van der Waals surface area contributed by atoms with Crippen LogP contribution in [0.3, 0.4) is 0 Å². The number of halogens is 2. The summed E-state index contributed by atoms with van der Waals surface area (Å²) in [5.74, 6) is -0.404. The predicted octanol–water partition coefficient (Wildman–Crippen LogP) is 2.94. The largest absolute Gasteiger partial charge is 0.354 e. The number of piperazine rings is 1. The lowest BCUT2D eigenvalue weighted by atomic mass is 10.3. The van der Waals surface area contributed by atoms with Crippen LogP contribution in [0, 0.1) is 0 Å². The molecule has 0 atom stereocenters. The highest BCUT2D eigenvalue weighted by molar-refractivity contribution is 7.92. The van der Waals surface area contributed by atoms with Gasteiger partial charge in [0.05, 0.1) is 20.6 Å². The molecule has 0 spiro atoms. The first kappa shape index (κ1) is 24.8. The second-order valence-electron chi connectivity index (χ2n) is 7.75. The highest BCUT2D eigenvalue weighted by atomic mass is 35.5. The number of carbonyl (C=O) groups is 1. The van der Waals surface area contributed by atoms with Gasteiger partial charge in [0, 0.05) is 32.7 Å². The van der Waals surface area contributed by atoms with E-state index in [1.807, 2.05) is 0 Å². The molecule has 0 saturated carbocycles. The lowest BCUT2D eigenvalue weighted by Gasteiger charge is -2.32. The molecule has 7 nitrogen and oxygen atoms in total. The van der Waals surface area contributed by atoms with Gasteiger partial charge < -0.3 is 15.1 Å². The zero-order valence-electron chi connectivity index (χ0n) is 18.0. The number of nitrogens with zero attached hydrogens (tertiary/aromatic N) is 3. The fraction of sp³-hybridized carbons (Fsp3) is 0.409. The zero-order valence-corrected chi connectivity index (χ0v) is 20.3. The number of nitrogens with one attached hydrogen (secondary N) is 1. The molecule has 0 aromatic heterocycles. The molecule has 1 heterocycles. The van der Waals surface area contributed by atoms with Crippen molar-refractivity contribution in [2.75, 3.05) is 57.2 Å². The molecule has 1 N–H and O–H groups in total. The second kappa shape index (κ2) is 11.3. The summed E-state index contributed by atoms with van der Waals surface area (Å²) in [5.41, 5.74) is 0.163. The van der Waals surface area contributed by atoms with Gasteiger partial charge in [-0.15, -0.1) is 0 Å². The van der Waals surface area contributed by atoms with Crippen molar-refractivity contribution in [1.82, 2.24) is 15.1 Å². The Hall–Kier alpha value is -1.84. The third-order valence-corrected chi connectivity index (χ3v) is 7.97. The fourth-order valence-corrected chi connectivity index (χ4v) is 5.39. The third kappa shape index (κ3) is 6.36. The molecule has 1 aliphatic heterocycles. The molecule has 10 heteroatoms. The number of anilines is 1. The summed E-state index contributed by atoms with van der Waals surface area (Å²) in [6, 6.07) is 12.7. The second-order valence-corrected chi connectivity index (χ2v) is 10.4. The van der Waals surface area contributed by atoms with Crippen molar-refractivity contribution < 1.29 is 13.2 Å². The van der Waals surface area contributed by atoms with Crippen LogP contribution in [0.25, 0.3) is 0 Å². The van der Waals surface area contributed by atoms with Crippen LogP contribution >= 0.6 is 23.2 Å². The Morgan fingerprint density at radius 1 is 1.03 bits per heavy atom. The highest BCUT2D eigenvalue weighted by Crippen LogP contribution is 2.35. The van der Waals surface area contributed by atoms with Crippen molar-refractivity contribution in [2.45, 2.75) is 11.3 Å². The molecule has 0 unspecified atom stereocenters. The van der Waals surface area contributed by atoms with Crippen molar-refractivity contribution in [1.29, 1.82) is 0 Å². The molecule has 1 saturated heterocycles. The van der Waals surface area contributed by atoms with Gasteiger partial charge in [0.1, 0.15) is 6.54 Å². The maximum absolute atomic E-state index is 13.3. The summed E-state index contributed by atoms with van der Waals surface area (Å²) in [4.78, 5) is 17.4. The van der Waals surface area contributed by atoms with Gasteiger partial charge in [-0.1, -0.05) is 47.5 Å². The molecule has 0 aliphatic carbocycles. The van der Waals surface area contributed by atoms with Gasteiger partial charge >= 0.3 is 0 Å². The molecule has 2 aromatic rings. The van der Waals surface area contributed by atoms with E-state index < -0.39 is 22.5 Å². The standard InChI is InChI=1S/C22H28Cl2N4O3S/c1-26-13-15-27(16-14-26)12-6-11-25-21(29)17-28(20-10-5-9-19(23)22(20)24)32(30,31)18-7-3-2-4-8-18/h2-5,7-10H,6,11-17H2,1H3,(H,25,29). The maximum atomic E-state index is 13.3. The predicted molar refractivity (Wildman–Crippen MR) is 129 cm³/mol. The Balaban J connectivity index is 1.67. The quantitative estimate of drug-likeness (QED) is 0.538. The maximum Gasteiger partial charge on any atom is 0.264 e. The van der Waals surface area contributed by atoms with Crippen LogP contribution in [0.5, 0.6) is 0 Å². The van der Waals surface area contributed by atoms with Gasteiger partial charge in [-0.25, -0.2) is 8.42 Å². The first-order valence-corrected chi connectivity index (χ1v) is 12.7. The van der Waals surface area contributed by atoms with E-state index >= 15 is 0 Å². The molecule has 0 radical (unpaired) electrons. The van der Waals surface area contributed by atoms with E-state index in [0.29, 0.717) is 6.54 Å². The first-order chi connectivity index (χ1) is 15.3. The fourth-order valence-electron chi connectivity index (χ4n) is 3.49. The molecule has 32 heavy (non-hydrogen) atoms. The molecule has 2 aromatic carbocycles. The lowest BCUT2D eigenvalue weighted by molar-refractivity contribution is -0.119. The number of hydrogen-bond acceptors (Lipinski definition) is 5. The van der Waals surface area contributed by atoms with E-state index in [-0.39, 0.29) is 20.6 Å². The van der Waals surface area contributed by atoms with Crippen LogP contribution in [0.2, 0.25) is 10.0 Å². The highest BCUT2D eigenvalue weighted by Gasteiger charge is 2.29. The number of carbonyl (C=O) groups excluding carboxylic acids is 1. The minimum atomic E-state index is -4.02. The summed E-state index contributed by atoms with van der Waals surface area (Å²) < 4.78 is 27.7. The number of sulfonamides is 1. The molecule has 174 valence electrons.